The van der Waals surface area contributed by atoms with Crippen LogP contribution in [0.15, 0.2) is 42.0 Å². The lowest BCUT2D eigenvalue weighted by Gasteiger charge is -2.33. The van der Waals surface area contributed by atoms with Gasteiger partial charge in [0.2, 0.25) is 0 Å². The van der Waals surface area contributed by atoms with E-state index in [4.69, 9.17) is 5.11 Å². The summed E-state index contributed by atoms with van der Waals surface area (Å²) in [7, 11) is 0. The molecule has 16 heavy (non-hydrogen) atoms. The van der Waals surface area contributed by atoms with Gasteiger partial charge in [-0.3, -0.25) is 0 Å². The van der Waals surface area contributed by atoms with Crippen molar-refractivity contribution in [1.82, 2.24) is 0 Å². The molecule has 1 atom stereocenters. The summed E-state index contributed by atoms with van der Waals surface area (Å²) < 4.78 is 0. The Kier molecular flexibility index (Phi) is 2.82. The first-order valence-corrected chi connectivity index (χ1v) is 5.60. The van der Waals surface area contributed by atoms with Crippen LogP contribution in [-0.4, -0.2) is 11.1 Å². The Labute approximate surface area is 95.6 Å². The van der Waals surface area contributed by atoms with Crippen LogP contribution in [0.1, 0.15) is 31.7 Å². The first kappa shape index (κ1) is 10.9. The number of rotatable bonds is 2. The number of carboxylic acids is 1. The fourth-order valence-electron chi connectivity index (χ4n) is 2.40. The van der Waals surface area contributed by atoms with Gasteiger partial charge in [-0.05, 0) is 30.2 Å². The van der Waals surface area contributed by atoms with Gasteiger partial charge in [-0.1, -0.05) is 43.3 Å². The second-order valence-electron chi connectivity index (χ2n) is 4.68. The van der Waals surface area contributed by atoms with E-state index < -0.39 is 5.97 Å². The van der Waals surface area contributed by atoms with E-state index in [1.165, 1.54) is 5.56 Å². The minimum Gasteiger partial charge on any atom is -0.478 e. The van der Waals surface area contributed by atoms with Crippen LogP contribution in [0.5, 0.6) is 0 Å². The zero-order valence-corrected chi connectivity index (χ0v) is 9.44. The summed E-state index contributed by atoms with van der Waals surface area (Å²) in [6.07, 6.45) is 4.36. The molecule has 84 valence electrons. The number of hydrogen-bond acceptors (Lipinski definition) is 1. The van der Waals surface area contributed by atoms with Crippen molar-refractivity contribution in [2.45, 2.75) is 31.6 Å². The molecular formula is C14H16O2. The molecule has 1 aromatic carbocycles. The number of hydrogen-bond donors (Lipinski definition) is 1. The zero-order valence-electron chi connectivity index (χ0n) is 9.44. The Hall–Kier alpha value is -1.57. The molecular weight excluding hydrogens is 200 g/mol. The highest BCUT2D eigenvalue weighted by molar-refractivity contribution is 5.87. The standard InChI is InChI=1S/C14H16O2/c1-14(12-7-3-2-4-8-12)9-5-6-11(10-14)13(15)16/h2-4,6-8H,5,9-10H2,1H3,(H,15,16)/t14-/m1/s1. The summed E-state index contributed by atoms with van der Waals surface area (Å²) in [4.78, 5) is 11.0. The van der Waals surface area contributed by atoms with E-state index in [0.717, 1.165) is 12.8 Å². The number of carbonyl (C=O) groups is 1. The van der Waals surface area contributed by atoms with Crippen LogP contribution in [-0.2, 0) is 10.2 Å². The van der Waals surface area contributed by atoms with E-state index in [9.17, 15) is 4.79 Å². The molecule has 0 aromatic heterocycles. The summed E-state index contributed by atoms with van der Waals surface area (Å²) in [5.41, 5.74) is 1.77. The highest BCUT2D eigenvalue weighted by Gasteiger charge is 2.31. The van der Waals surface area contributed by atoms with Crippen LogP contribution in [0.2, 0.25) is 0 Å². The Morgan fingerprint density at radius 2 is 2.00 bits per heavy atom. The van der Waals surface area contributed by atoms with E-state index in [1.54, 1.807) is 0 Å². The molecule has 2 rings (SSSR count). The van der Waals surface area contributed by atoms with Crippen molar-refractivity contribution in [3.05, 3.63) is 47.5 Å². The lowest BCUT2D eigenvalue weighted by molar-refractivity contribution is -0.133. The molecule has 0 amide bonds. The third kappa shape index (κ3) is 2.01. The van der Waals surface area contributed by atoms with Gasteiger partial charge in [0.25, 0.3) is 0 Å². The van der Waals surface area contributed by atoms with Crippen molar-refractivity contribution in [3.8, 4) is 0 Å². The second kappa shape index (κ2) is 4.12. The van der Waals surface area contributed by atoms with Gasteiger partial charge < -0.3 is 5.11 Å². The van der Waals surface area contributed by atoms with Gasteiger partial charge >= 0.3 is 5.97 Å². The summed E-state index contributed by atoms with van der Waals surface area (Å²) >= 11 is 0. The van der Waals surface area contributed by atoms with E-state index in [1.807, 2.05) is 24.3 Å². The lowest BCUT2D eigenvalue weighted by Crippen LogP contribution is -2.27. The molecule has 2 heteroatoms. The number of aliphatic carboxylic acids is 1. The largest absolute Gasteiger partial charge is 0.478 e. The summed E-state index contributed by atoms with van der Waals surface area (Å²) in [6.45, 7) is 2.15. The minimum absolute atomic E-state index is 0.0241. The second-order valence-corrected chi connectivity index (χ2v) is 4.68. The van der Waals surface area contributed by atoms with Gasteiger partial charge in [0.1, 0.15) is 0 Å². The highest BCUT2D eigenvalue weighted by atomic mass is 16.4. The van der Waals surface area contributed by atoms with Crippen molar-refractivity contribution in [2.24, 2.45) is 0 Å². The third-order valence-corrected chi connectivity index (χ3v) is 3.41. The molecule has 0 spiro atoms. The Balaban J connectivity index is 2.28. The SMILES string of the molecule is C[C@@]1(c2ccccc2)CCC=C(C(=O)O)C1. The van der Waals surface area contributed by atoms with Crippen molar-refractivity contribution in [1.29, 1.82) is 0 Å². The highest BCUT2D eigenvalue weighted by Crippen LogP contribution is 2.38. The number of allylic oxidation sites excluding steroid dienone is 1. The summed E-state index contributed by atoms with van der Waals surface area (Å²) in [6, 6.07) is 10.2. The van der Waals surface area contributed by atoms with Gasteiger partial charge in [-0.2, -0.15) is 0 Å². The van der Waals surface area contributed by atoms with Crippen molar-refractivity contribution in [2.75, 3.05) is 0 Å². The van der Waals surface area contributed by atoms with Crippen molar-refractivity contribution in [3.63, 3.8) is 0 Å². The van der Waals surface area contributed by atoms with E-state index >= 15 is 0 Å². The number of carboxylic acid groups (broad SMARTS) is 1. The molecule has 0 heterocycles. The van der Waals surface area contributed by atoms with Crippen LogP contribution >= 0.6 is 0 Å². The Morgan fingerprint density at radius 1 is 1.31 bits per heavy atom. The first-order chi connectivity index (χ1) is 7.62. The topological polar surface area (TPSA) is 37.3 Å². The molecule has 1 aromatic rings. The van der Waals surface area contributed by atoms with Crippen LogP contribution < -0.4 is 0 Å². The Bertz CT molecular complexity index is 420. The van der Waals surface area contributed by atoms with Crippen LogP contribution in [0.4, 0.5) is 0 Å². The minimum atomic E-state index is -0.776. The molecule has 0 saturated carbocycles. The maximum Gasteiger partial charge on any atom is 0.331 e. The smallest absolute Gasteiger partial charge is 0.331 e. The summed E-state index contributed by atoms with van der Waals surface area (Å²) in [5.74, 6) is -0.776. The first-order valence-electron chi connectivity index (χ1n) is 5.60. The molecule has 1 N–H and O–H groups in total. The molecule has 0 saturated heterocycles. The van der Waals surface area contributed by atoms with Gasteiger partial charge in [0, 0.05) is 5.57 Å². The Morgan fingerprint density at radius 3 is 2.62 bits per heavy atom. The van der Waals surface area contributed by atoms with Crippen molar-refractivity contribution >= 4 is 5.97 Å². The quantitative estimate of drug-likeness (QED) is 0.824. The van der Waals surface area contributed by atoms with Crippen molar-refractivity contribution < 1.29 is 9.90 Å². The van der Waals surface area contributed by atoms with E-state index in [-0.39, 0.29) is 5.41 Å². The third-order valence-electron chi connectivity index (χ3n) is 3.41. The molecule has 1 aliphatic carbocycles. The van der Waals surface area contributed by atoms with Gasteiger partial charge in [-0.25, -0.2) is 4.79 Å². The summed E-state index contributed by atoms with van der Waals surface area (Å²) in [5, 5.41) is 9.05. The lowest BCUT2D eigenvalue weighted by atomic mass is 9.71. The predicted octanol–water partition coefficient (Wildman–Crippen LogP) is 3.14. The predicted molar refractivity (Wildman–Crippen MR) is 63.4 cm³/mol. The average Bonchev–Trinajstić information content (AvgIpc) is 2.30. The van der Waals surface area contributed by atoms with Gasteiger partial charge in [0.15, 0.2) is 0 Å². The maximum absolute atomic E-state index is 11.0. The molecule has 0 bridgehead atoms. The van der Waals surface area contributed by atoms with Crippen LogP contribution in [0.3, 0.4) is 0 Å². The van der Waals surface area contributed by atoms with E-state index in [0.29, 0.717) is 12.0 Å². The van der Waals surface area contributed by atoms with Gasteiger partial charge in [0.05, 0.1) is 0 Å². The molecule has 1 aliphatic rings. The number of benzene rings is 1. The molecule has 0 aliphatic heterocycles. The fourth-order valence-corrected chi connectivity index (χ4v) is 2.40. The van der Waals surface area contributed by atoms with Crippen LogP contribution in [0, 0.1) is 0 Å². The molecule has 2 nitrogen and oxygen atoms in total. The zero-order chi connectivity index (χ0) is 11.6. The van der Waals surface area contributed by atoms with E-state index in [2.05, 4.69) is 19.1 Å². The molecule has 0 radical (unpaired) electrons. The molecule has 0 fully saturated rings. The van der Waals surface area contributed by atoms with Gasteiger partial charge in [-0.15, -0.1) is 0 Å². The maximum atomic E-state index is 11.0. The monoisotopic (exact) mass is 216 g/mol. The fraction of sp³-hybridized carbons (Fsp3) is 0.357. The molecule has 0 unspecified atom stereocenters. The van der Waals surface area contributed by atoms with Crippen LogP contribution in [0.25, 0.3) is 0 Å². The average molecular weight is 216 g/mol. The normalized spacial score (nSPS) is 24.9.